The number of hydrogen-bond donors (Lipinski definition) is 2. The van der Waals surface area contributed by atoms with Crippen molar-refractivity contribution >= 4 is 16.9 Å². The van der Waals surface area contributed by atoms with Gasteiger partial charge in [-0.1, -0.05) is 6.07 Å². The first-order chi connectivity index (χ1) is 10.8. The third-order valence-corrected chi connectivity index (χ3v) is 4.18. The van der Waals surface area contributed by atoms with Crippen LogP contribution in [0.25, 0.3) is 10.9 Å². The van der Waals surface area contributed by atoms with Crippen LogP contribution < -0.4 is 10.1 Å². The number of nitrogens with zero attached hydrogens (tertiary/aromatic N) is 3. The highest BCUT2D eigenvalue weighted by Gasteiger charge is 2.14. The molecule has 3 aromatic rings. The van der Waals surface area contributed by atoms with E-state index in [2.05, 4.69) is 32.5 Å². The minimum Gasteiger partial charge on any atom is -0.496 e. The molecule has 1 aliphatic rings. The number of aryl methyl sites for hydroxylation is 2. The summed E-state index contributed by atoms with van der Waals surface area (Å²) in [6.45, 7) is 1.62. The summed E-state index contributed by atoms with van der Waals surface area (Å²) >= 11 is 0. The maximum absolute atomic E-state index is 5.58. The van der Waals surface area contributed by atoms with Crippen LogP contribution >= 0.6 is 0 Å². The van der Waals surface area contributed by atoms with Gasteiger partial charge in [0.1, 0.15) is 11.6 Å². The molecule has 4 rings (SSSR count). The van der Waals surface area contributed by atoms with Crippen molar-refractivity contribution in [2.75, 3.05) is 12.4 Å². The Labute approximate surface area is 128 Å². The largest absolute Gasteiger partial charge is 0.496 e. The molecule has 114 valence electrons. The van der Waals surface area contributed by atoms with E-state index in [1.165, 1.54) is 12.8 Å². The molecule has 3 heterocycles. The first-order valence-electron chi connectivity index (χ1n) is 7.66. The van der Waals surface area contributed by atoms with Crippen molar-refractivity contribution in [2.24, 2.45) is 0 Å². The molecule has 6 nitrogen and oxygen atoms in total. The van der Waals surface area contributed by atoms with Crippen molar-refractivity contribution in [2.45, 2.75) is 32.4 Å². The SMILES string of the molecule is COc1c(CNc2nc3n(n2)CCCC3)ccc2[nH]ccc12. The number of anilines is 1. The molecule has 1 aromatic carbocycles. The number of H-pyrrole nitrogens is 1. The molecule has 0 fully saturated rings. The Balaban J connectivity index is 1.57. The van der Waals surface area contributed by atoms with Crippen molar-refractivity contribution < 1.29 is 4.74 Å². The average Bonchev–Trinajstić information content (AvgIpc) is 3.18. The van der Waals surface area contributed by atoms with E-state index in [1.807, 2.05) is 16.9 Å². The maximum atomic E-state index is 5.58. The number of hydrogen-bond acceptors (Lipinski definition) is 4. The smallest absolute Gasteiger partial charge is 0.242 e. The second kappa shape index (κ2) is 5.36. The van der Waals surface area contributed by atoms with Gasteiger partial charge in [0.25, 0.3) is 0 Å². The Bertz CT molecular complexity index is 781. The quantitative estimate of drug-likeness (QED) is 0.777. The summed E-state index contributed by atoms with van der Waals surface area (Å²) in [5.41, 5.74) is 2.18. The number of benzene rings is 1. The van der Waals surface area contributed by atoms with Crippen LogP contribution in [0.3, 0.4) is 0 Å². The van der Waals surface area contributed by atoms with E-state index in [0.29, 0.717) is 12.5 Å². The standard InChI is InChI=1S/C16H19N5O/c1-22-15-11(5-6-13-12(15)7-8-17-13)10-18-16-19-14-4-2-3-9-21(14)20-16/h5-8,17H,2-4,9-10H2,1H3,(H,18,20). The predicted octanol–water partition coefficient (Wildman–Crippen LogP) is 2.72. The predicted molar refractivity (Wildman–Crippen MR) is 85.1 cm³/mol. The first-order valence-corrected chi connectivity index (χ1v) is 7.66. The van der Waals surface area contributed by atoms with E-state index in [4.69, 9.17) is 4.74 Å². The number of methoxy groups -OCH3 is 1. The lowest BCUT2D eigenvalue weighted by Crippen LogP contribution is -2.11. The number of ether oxygens (including phenoxy) is 1. The summed E-state index contributed by atoms with van der Waals surface area (Å²) < 4.78 is 7.59. The van der Waals surface area contributed by atoms with Gasteiger partial charge in [0.05, 0.1) is 7.11 Å². The van der Waals surface area contributed by atoms with Gasteiger partial charge in [-0.3, -0.25) is 0 Å². The third-order valence-electron chi connectivity index (χ3n) is 4.18. The average molecular weight is 297 g/mol. The van der Waals surface area contributed by atoms with Gasteiger partial charge in [-0.25, -0.2) is 4.68 Å². The molecule has 0 radical (unpaired) electrons. The molecule has 2 aromatic heterocycles. The third kappa shape index (κ3) is 2.20. The second-order valence-corrected chi connectivity index (χ2v) is 5.58. The summed E-state index contributed by atoms with van der Waals surface area (Å²) in [5.74, 6) is 2.69. The fraction of sp³-hybridized carbons (Fsp3) is 0.375. The van der Waals surface area contributed by atoms with Gasteiger partial charge in [-0.15, -0.1) is 5.10 Å². The van der Waals surface area contributed by atoms with Crippen LogP contribution in [-0.4, -0.2) is 26.9 Å². The molecular weight excluding hydrogens is 278 g/mol. The van der Waals surface area contributed by atoms with Crippen LogP contribution in [0.5, 0.6) is 5.75 Å². The topological polar surface area (TPSA) is 67.8 Å². The van der Waals surface area contributed by atoms with E-state index in [0.717, 1.165) is 41.0 Å². The lowest BCUT2D eigenvalue weighted by atomic mass is 10.1. The molecule has 0 aliphatic carbocycles. The van der Waals surface area contributed by atoms with Crippen LogP contribution in [0.1, 0.15) is 24.2 Å². The van der Waals surface area contributed by atoms with Crippen LogP contribution in [-0.2, 0) is 19.5 Å². The number of nitrogens with one attached hydrogen (secondary N) is 2. The fourth-order valence-electron chi connectivity index (χ4n) is 3.06. The zero-order valence-corrected chi connectivity index (χ0v) is 12.6. The van der Waals surface area contributed by atoms with E-state index in [1.54, 1.807) is 7.11 Å². The molecular formula is C16H19N5O. The second-order valence-electron chi connectivity index (χ2n) is 5.58. The van der Waals surface area contributed by atoms with Gasteiger partial charge in [0.2, 0.25) is 5.95 Å². The van der Waals surface area contributed by atoms with E-state index >= 15 is 0 Å². The number of aromatic nitrogens is 4. The first kappa shape index (κ1) is 13.2. The minimum atomic E-state index is 0.647. The summed E-state index contributed by atoms with van der Waals surface area (Å²) in [4.78, 5) is 7.77. The Morgan fingerprint density at radius 3 is 3.14 bits per heavy atom. The molecule has 2 N–H and O–H groups in total. The van der Waals surface area contributed by atoms with Crippen LogP contribution in [0, 0.1) is 0 Å². The minimum absolute atomic E-state index is 0.647. The zero-order chi connectivity index (χ0) is 14.9. The molecule has 0 unspecified atom stereocenters. The van der Waals surface area contributed by atoms with Crippen LogP contribution in [0.15, 0.2) is 24.4 Å². The van der Waals surface area contributed by atoms with Crippen molar-refractivity contribution in [3.8, 4) is 5.75 Å². The fourth-order valence-corrected chi connectivity index (χ4v) is 3.06. The van der Waals surface area contributed by atoms with Crippen LogP contribution in [0.2, 0.25) is 0 Å². The van der Waals surface area contributed by atoms with E-state index < -0.39 is 0 Å². The van der Waals surface area contributed by atoms with Crippen molar-refractivity contribution in [1.82, 2.24) is 19.7 Å². The molecule has 0 atom stereocenters. The Morgan fingerprint density at radius 2 is 2.27 bits per heavy atom. The van der Waals surface area contributed by atoms with Crippen molar-refractivity contribution in [3.05, 3.63) is 35.8 Å². The van der Waals surface area contributed by atoms with Crippen molar-refractivity contribution in [3.63, 3.8) is 0 Å². The summed E-state index contributed by atoms with van der Waals surface area (Å²) in [5, 5.41) is 8.93. The normalized spacial score (nSPS) is 14.0. The molecule has 0 bridgehead atoms. The van der Waals surface area contributed by atoms with Crippen molar-refractivity contribution in [1.29, 1.82) is 0 Å². The highest BCUT2D eigenvalue weighted by atomic mass is 16.5. The number of fused-ring (bicyclic) bond motifs is 2. The summed E-state index contributed by atoms with van der Waals surface area (Å²) in [6.07, 6.45) is 5.34. The molecule has 1 aliphatic heterocycles. The lowest BCUT2D eigenvalue weighted by molar-refractivity contribution is 0.415. The summed E-state index contributed by atoms with van der Waals surface area (Å²) in [6, 6.07) is 6.17. The Morgan fingerprint density at radius 1 is 1.32 bits per heavy atom. The molecule has 0 saturated carbocycles. The van der Waals surface area contributed by atoms with Gasteiger partial charge in [-0.2, -0.15) is 4.98 Å². The number of rotatable bonds is 4. The zero-order valence-electron chi connectivity index (χ0n) is 12.6. The molecule has 0 spiro atoms. The van der Waals surface area contributed by atoms with Crippen LogP contribution in [0.4, 0.5) is 5.95 Å². The molecule has 6 heteroatoms. The van der Waals surface area contributed by atoms with Gasteiger partial charge < -0.3 is 15.0 Å². The molecule has 22 heavy (non-hydrogen) atoms. The monoisotopic (exact) mass is 297 g/mol. The molecule has 0 amide bonds. The van der Waals surface area contributed by atoms with E-state index in [9.17, 15) is 0 Å². The highest BCUT2D eigenvalue weighted by molar-refractivity contribution is 5.87. The van der Waals surface area contributed by atoms with Gasteiger partial charge >= 0.3 is 0 Å². The highest BCUT2D eigenvalue weighted by Crippen LogP contribution is 2.29. The van der Waals surface area contributed by atoms with Gasteiger partial charge in [0, 0.05) is 42.2 Å². The van der Waals surface area contributed by atoms with E-state index in [-0.39, 0.29) is 0 Å². The van der Waals surface area contributed by atoms with Gasteiger partial charge in [-0.05, 0) is 25.0 Å². The lowest BCUT2D eigenvalue weighted by Gasteiger charge is -2.10. The summed E-state index contributed by atoms with van der Waals surface area (Å²) in [7, 11) is 1.71. The Hall–Kier alpha value is -2.50. The maximum Gasteiger partial charge on any atom is 0.242 e. The van der Waals surface area contributed by atoms with Gasteiger partial charge in [0.15, 0.2) is 0 Å². The Kier molecular flexibility index (Phi) is 3.21. The molecule has 0 saturated heterocycles. The number of aromatic amines is 1.